The maximum atomic E-state index is 11.0. The molecule has 3 N–H and O–H groups in total. The Morgan fingerprint density at radius 1 is 1.54 bits per heavy atom. The molecule has 13 heavy (non-hydrogen) atoms. The Kier molecular flexibility index (Phi) is 5.66. The molecular formula is C9H20N2O2. The number of likely N-dealkylation sites (N-methyl/N-ethyl adjacent to an activating group) is 1. The molecule has 0 bridgehead atoms. The Bertz CT molecular complexity index is 156. The first kappa shape index (κ1) is 12.4. The third-order valence-electron chi connectivity index (χ3n) is 2.11. The summed E-state index contributed by atoms with van der Waals surface area (Å²) in [5.41, 5.74) is 5.15. The summed E-state index contributed by atoms with van der Waals surface area (Å²) in [6.45, 7) is 6.93. The fraction of sp³-hybridized carbons (Fsp3) is 0.889. The zero-order valence-electron chi connectivity index (χ0n) is 8.72. The van der Waals surface area contributed by atoms with Crippen molar-refractivity contribution in [1.29, 1.82) is 0 Å². The molecule has 0 aromatic carbocycles. The molecule has 4 nitrogen and oxygen atoms in total. The van der Waals surface area contributed by atoms with E-state index in [1.165, 1.54) is 0 Å². The molecule has 0 heterocycles. The monoisotopic (exact) mass is 188 g/mol. The highest BCUT2D eigenvalue weighted by molar-refractivity contribution is 5.77. The maximum Gasteiger partial charge on any atom is 0.246 e. The second kappa shape index (κ2) is 5.94. The van der Waals surface area contributed by atoms with Crippen LogP contribution in [0.3, 0.4) is 0 Å². The summed E-state index contributed by atoms with van der Waals surface area (Å²) in [4.78, 5) is 11.0. The van der Waals surface area contributed by atoms with Crippen LogP contribution in [-0.2, 0) is 9.53 Å². The average molecular weight is 188 g/mol. The number of nitrogens with one attached hydrogen (secondary N) is 1. The third kappa shape index (κ3) is 4.85. The van der Waals surface area contributed by atoms with Crippen molar-refractivity contribution in [3.05, 3.63) is 0 Å². The van der Waals surface area contributed by atoms with Crippen molar-refractivity contribution in [3.8, 4) is 0 Å². The summed E-state index contributed by atoms with van der Waals surface area (Å²) >= 11 is 0. The zero-order chi connectivity index (χ0) is 10.3. The predicted molar refractivity (Wildman–Crippen MR) is 52.4 cm³/mol. The van der Waals surface area contributed by atoms with Crippen molar-refractivity contribution in [3.63, 3.8) is 0 Å². The molecule has 1 unspecified atom stereocenters. The van der Waals surface area contributed by atoms with E-state index in [9.17, 15) is 4.79 Å². The predicted octanol–water partition coefficient (Wildman–Crippen LogP) is 0.267. The van der Waals surface area contributed by atoms with Gasteiger partial charge in [-0.2, -0.15) is 0 Å². The number of amides is 1. The highest BCUT2D eigenvalue weighted by atomic mass is 16.5. The van der Waals surface area contributed by atoms with Gasteiger partial charge in [0.2, 0.25) is 5.91 Å². The minimum absolute atomic E-state index is 0.0874. The molecule has 78 valence electrons. The quantitative estimate of drug-likeness (QED) is 0.628. The normalized spacial score (nSPS) is 15.1. The van der Waals surface area contributed by atoms with Crippen LogP contribution in [-0.4, -0.2) is 31.2 Å². The first-order valence-corrected chi connectivity index (χ1v) is 4.68. The molecule has 0 aliphatic rings. The first-order valence-electron chi connectivity index (χ1n) is 4.68. The van der Waals surface area contributed by atoms with Crippen LogP contribution < -0.4 is 11.1 Å². The Hall–Kier alpha value is -0.610. The number of nitrogens with two attached hydrogens (primary N) is 1. The van der Waals surface area contributed by atoms with Crippen LogP contribution >= 0.6 is 0 Å². The number of hydrogen-bond donors (Lipinski definition) is 2. The molecular weight excluding hydrogens is 168 g/mol. The van der Waals surface area contributed by atoms with Crippen LogP contribution in [0.25, 0.3) is 0 Å². The minimum Gasteiger partial charge on any atom is -0.364 e. The van der Waals surface area contributed by atoms with Gasteiger partial charge in [-0.3, -0.25) is 4.79 Å². The lowest BCUT2D eigenvalue weighted by molar-refractivity contribution is -0.131. The number of rotatable bonds is 6. The molecule has 4 heteroatoms. The van der Waals surface area contributed by atoms with Gasteiger partial charge >= 0.3 is 0 Å². The van der Waals surface area contributed by atoms with Crippen LogP contribution in [0, 0.1) is 0 Å². The second-order valence-electron chi connectivity index (χ2n) is 3.25. The van der Waals surface area contributed by atoms with E-state index in [0.717, 1.165) is 6.42 Å². The van der Waals surface area contributed by atoms with Crippen molar-refractivity contribution < 1.29 is 9.53 Å². The first-order chi connectivity index (χ1) is 6.08. The van der Waals surface area contributed by atoms with Crippen molar-refractivity contribution in [2.24, 2.45) is 5.73 Å². The van der Waals surface area contributed by atoms with E-state index in [-0.39, 0.29) is 18.1 Å². The standard InChI is InChI=1S/C9H20N2O2/c1-4-9(3,7-10)13-6-8(12)11-5-2/h4-7,10H2,1-3H3,(H,11,12). The molecule has 0 saturated carbocycles. The van der Waals surface area contributed by atoms with E-state index in [4.69, 9.17) is 10.5 Å². The van der Waals surface area contributed by atoms with E-state index in [0.29, 0.717) is 13.1 Å². The Labute approximate surface area is 79.8 Å². The molecule has 0 spiro atoms. The zero-order valence-corrected chi connectivity index (χ0v) is 8.72. The highest BCUT2D eigenvalue weighted by Gasteiger charge is 2.21. The average Bonchev–Trinajstić information content (AvgIpc) is 2.15. The van der Waals surface area contributed by atoms with Crippen molar-refractivity contribution in [1.82, 2.24) is 5.32 Å². The molecule has 0 aliphatic heterocycles. The van der Waals surface area contributed by atoms with E-state index in [1.807, 2.05) is 20.8 Å². The highest BCUT2D eigenvalue weighted by Crippen LogP contribution is 2.12. The number of hydrogen-bond acceptors (Lipinski definition) is 3. The second-order valence-corrected chi connectivity index (χ2v) is 3.25. The number of carbonyl (C=O) groups is 1. The smallest absolute Gasteiger partial charge is 0.246 e. The van der Waals surface area contributed by atoms with Crippen molar-refractivity contribution >= 4 is 5.91 Å². The Morgan fingerprint density at radius 3 is 2.54 bits per heavy atom. The third-order valence-corrected chi connectivity index (χ3v) is 2.11. The van der Waals surface area contributed by atoms with Gasteiger partial charge in [0.25, 0.3) is 0 Å². The lowest BCUT2D eigenvalue weighted by Gasteiger charge is -2.26. The van der Waals surface area contributed by atoms with E-state index < -0.39 is 0 Å². The van der Waals surface area contributed by atoms with Crippen LogP contribution in [0.4, 0.5) is 0 Å². The summed E-state index contributed by atoms with van der Waals surface area (Å²) in [6, 6.07) is 0. The molecule has 0 aromatic rings. The van der Waals surface area contributed by atoms with Gasteiger partial charge < -0.3 is 15.8 Å². The van der Waals surface area contributed by atoms with Crippen molar-refractivity contribution in [2.75, 3.05) is 19.7 Å². The summed E-state index contributed by atoms with van der Waals surface area (Å²) < 4.78 is 5.41. The van der Waals surface area contributed by atoms with Gasteiger partial charge in [-0.15, -0.1) is 0 Å². The van der Waals surface area contributed by atoms with Gasteiger partial charge in [0.15, 0.2) is 0 Å². The lowest BCUT2D eigenvalue weighted by Crippen LogP contribution is -2.40. The van der Waals surface area contributed by atoms with Crippen LogP contribution in [0.15, 0.2) is 0 Å². The Morgan fingerprint density at radius 2 is 2.15 bits per heavy atom. The molecule has 0 saturated heterocycles. The van der Waals surface area contributed by atoms with Gasteiger partial charge in [0.05, 0.1) is 5.60 Å². The fourth-order valence-corrected chi connectivity index (χ4v) is 0.793. The van der Waals surface area contributed by atoms with Crippen LogP contribution in [0.5, 0.6) is 0 Å². The topological polar surface area (TPSA) is 64.3 Å². The summed E-state index contributed by atoms with van der Waals surface area (Å²) in [5.74, 6) is -0.0874. The van der Waals surface area contributed by atoms with E-state index >= 15 is 0 Å². The van der Waals surface area contributed by atoms with Crippen LogP contribution in [0.1, 0.15) is 27.2 Å². The van der Waals surface area contributed by atoms with Gasteiger partial charge in [-0.05, 0) is 20.3 Å². The van der Waals surface area contributed by atoms with Crippen LogP contribution in [0.2, 0.25) is 0 Å². The number of ether oxygens (including phenoxy) is 1. The molecule has 1 atom stereocenters. The van der Waals surface area contributed by atoms with E-state index in [1.54, 1.807) is 0 Å². The summed E-state index contributed by atoms with van der Waals surface area (Å²) in [5, 5.41) is 2.66. The summed E-state index contributed by atoms with van der Waals surface area (Å²) in [7, 11) is 0. The fourth-order valence-electron chi connectivity index (χ4n) is 0.793. The molecule has 0 radical (unpaired) electrons. The van der Waals surface area contributed by atoms with Gasteiger partial charge in [0.1, 0.15) is 6.61 Å². The summed E-state index contributed by atoms with van der Waals surface area (Å²) in [6.07, 6.45) is 0.808. The van der Waals surface area contributed by atoms with Gasteiger partial charge in [0, 0.05) is 13.1 Å². The Balaban J connectivity index is 3.78. The lowest BCUT2D eigenvalue weighted by atomic mass is 10.0. The SMILES string of the molecule is CCNC(=O)COC(C)(CC)CN. The van der Waals surface area contributed by atoms with Gasteiger partial charge in [-0.1, -0.05) is 6.92 Å². The van der Waals surface area contributed by atoms with Crippen molar-refractivity contribution in [2.45, 2.75) is 32.8 Å². The maximum absolute atomic E-state index is 11.0. The molecule has 0 aromatic heterocycles. The number of carbonyl (C=O) groups excluding carboxylic acids is 1. The van der Waals surface area contributed by atoms with E-state index in [2.05, 4.69) is 5.32 Å². The molecule has 0 aliphatic carbocycles. The van der Waals surface area contributed by atoms with Gasteiger partial charge in [-0.25, -0.2) is 0 Å². The largest absolute Gasteiger partial charge is 0.364 e. The molecule has 0 fully saturated rings. The molecule has 1 amide bonds. The minimum atomic E-state index is -0.370. The molecule has 0 rings (SSSR count).